The van der Waals surface area contributed by atoms with Gasteiger partial charge in [-0.15, -0.1) is 0 Å². The zero-order valence-electron chi connectivity index (χ0n) is 11.6. The lowest BCUT2D eigenvalue weighted by atomic mass is 10.1. The number of nitrogens with zero attached hydrogens (tertiary/aromatic N) is 1. The second-order valence-electron chi connectivity index (χ2n) is 4.50. The highest BCUT2D eigenvalue weighted by Crippen LogP contribution is 2.09. The Morgan fingerprint density at radius 2 is 2.10 bits per heavy atom. The maximum atomic E-state index is 12.9. The van der Waals surface area contributed by atoms with Gasteiger partial charge in [0.2, 0.25) is 5.91 Å². The van der Waals surface area contributed by atoms with Crippen molar-refractivity contribution in [2.24, 2.45) is 5.73 Å². The first kappa shape index (κ1) is 16.9. The molecule has 0 unspecified atom stereocenters. The number of nitrogens with two attached hydrogens (primary N) is 1. The van der Waals surface area contributed by atoms with Crippen molar-refractivity contribution in [3.63, 3.8) is 0 Å². The van der Waals surface area contributed by atoms with Crippen LogP contribution in [0.3, 0.4) is 0 Å². The van der Waals surface area contributed by atoms with Gasteiger partial charge >= 0.3 is 0 Å². The molecule has 112 valence electrons. The van der Waals surface area contributed by atoms with Crippen LogP contribution in [0.5, 0.6) is 0 Å². The molecule has 0 aliphatic rings. The molecule has 0 fully saturated rings. The number of hydrogen-bond donors (Lipinski definition) is 2. The van der Waals surface area contributed by atoms with Gasteiger partial charge in [-0.25, -0.2) is 4.39 Å². The molecule has 0 bridgehead atoms. The van der Waals surface area contributed by atoms with Crippen molar-refractivity contribution in [1.82, 2.24) is 4.90 Å². The molecule has 0 aliphatic heterocycles. The summed E-state index contributed by atoms with van der Waals surface area (Å²) in [5.74, 6) is 0.319. The van der Waals surface area contributed by atoms with Crippen molar-refractivity contribution in [2.45, 2.75) is 19.0 Å². The number of rotatable bonds is 8. The number of carbonyl (C=O) groups excluding carboxylic acids is 1. The summed E-state index contributed by atoms with van der Waals surface area (Å²) in [6.07, 6.45) is 2.56. The Morgan fingerprint density at radius 3 is 2.65 bits per heavy atom. The van der Waals surface area contributed by atoms with Crippen molar-refractivity contribution in [2.75, 3.05) is 25.2 Å². The smallest absolute Gasteiger partial charge is 0.239 e. The molecule has 1 rings (SSSR count). The van der Waals surface area contributed by atoms with Gasteiger partial charge in [0.25, 0.3) is 0 Å². The number of aliphatic hydroxyl groups is 1. The van der Waals surface area contributed by atoms with Gasteiger partial charge in [-0.1, -0.05) is 12.1 Å². The SMILES string of the molecule is CSCC[C@@H](N)C(=O)N(CCO)Cc1ccc(F)cc1. The van der Waals surface area contributed by atoms with Gasteiger partial charge in [0.05, 0.1) is 12.6 Å². The van der Waals surface area contributed by atoms with E-state index in [-0.39, 0.29) is 24.9 Å². The molecule has 0 aliphatic carbocycles. The lowest BCUT2D eigenvalue weighted by molar-refractivity contribution is -0.133. The van der Waals surface area contributed by atoms with Gasteiger partial charge in [0, 0.05) is 13.1 Å². The summed E-state index contributed by atoms with van der Waals surface area (Å²) in [4.78, 5) is 13.7. The highest BCUT2D eigenvalue weighted by Gasteiger charge is 2.20. The Hall–Kier alpha value is -1.11. The lowest BCUT2D eigenvalue weighted by Gasteiger charge is -2.25. The van der Waals surface area contributed by atoms with Crippen LogP contribution in [0.4, 0.5) is 4.39 Å². The first-order valence-corrected chi connectivity index (χ1v) is 7.86. The monoisotopic (exact) mass is 300 g/mol. The van der Waals surface area contributed by atoms with Gasteiger partial charge in [-0.3, -0.25) is 4.79 Å². The van der Waals surface area contributed by atoms with Gasteiger partial charge in [0.1, 0.15) is 5.82 Å². The van der Waals surface area contributed by atoms with E-state index in [9.17, 15) is 9.18 Å². The van der Waals surface area contributed by atoms with Crippen molar-refractivity contribution >= 4 is 17.7 Å². The van der Waals surface area contributed by atoms with Crippen LogP contribution >= 0.6 is 11.8 Å². The molecule has 6 heteroatoms. The predicted octanol–water partition coefficient (Wildman–Crippen LogP) is 1.23. The number of aliphatic hydroxyl groups excluding tert-OH is 1. The maximum Gasteiger partial charge on any atom is 0.239 e. The van der Waals surface area contributed by atoms with E-state index >= 15 is 0 Å². The van der Waals surface area contributed by atoms with Gasteiger partial charge in [0.15, 0.2) is 0 Å². The fraction of sp³-hybridized carbons (Fsp3) is 0.500. The lowest BCUT2D eigenvalue weighted by Crippen LogP contribution is -2.44. The third kappa shape index (κ3) is 5.48. The molecule has 0 aromatic heterocycles. The fourth-order valence-electron chi connectivity index (χ4n) is 1.80. The number of amides is 1. The summed E-state index contributed by atoms with van der Waals surface area (Å²) in [5, 5.41) is 9.07. The molecule has 0 saturated heterocycles. The number of hydrogen-bond acceptors (Lipinski definition) is 4. The molecule has 1 aromatic carbocycles. The van der Waals surface area contributed by atoms with E-state index in [4.69, 9.17) is 10.8 Å². The van der Waals surface area contributed by atoms with Crippen LogP contribution in [0, 0.1) is 5.82 Å². The minimum atomic E-state index is -0.561. The highest BCUT2D eigenvalue weighted by atomic mass is 32.2. The van der Waals surface area contributed by atoms with Crippen molar-refractivity contribution in [3.05, 3.63) is 35.6 Å². The predicted molar refractivity (Wildman–Crippen MR) is 79.9 cm³/mol. The Bertz CT molecular complexity index is 414. The number of benzene rings is 1. The third-order valence-electron chi connectivity index (χ3n) is 2.92. The molecular weight excluding hydrogens is 279 g/mol. The minimum absolute atomic E-state index is 0.123. The van der Waals surface area contributed by atoms with E-state index in [1.54, 1.807) is 23.9 Å². The standard InChI is InChI=1S/C14H21FN2O2S/c1-20-9-6-13(16)14(19)17(7-8-18)10-11-2-4-12(15)5-3-11/h2-5,13,18H,6-10,16H2,1H3/t13-/m1/s1. The molecule has 0 saturated carbocycles. The van der Waals surface area contributed by atoms with E-state index < -0.39 is 6.04 Å². The molecule has 1 aromatic rings. The topological polar surface area (TPSA) is 66.6 Å². The van der Waals surface area contributed by atoms with E-state index in [1.807, 2.05) is 6.26 Å². The zero-order valence-corrected chi connectivity index (χ0v) is 12.4. The Kier molecular flexibility index (Phi) is 7.58. The van der Waals surface area contributed by atoms with Crippen LogP contribution in [0.25, 0.3) is 0 Å². The first-order valence-electron chi connectivity index (χ1n) is 6.47. The molecule has 1 amide bonds. The number of carbonyl (C=O) groups is 1. The molecule has 3 N–H and O–H groups in total. The second kappa shape index (κ2) is 8.94. The zero-order chi connectivity index (χ0) is 15.0. The minimum Gasteiger partial charge on any atom is -0.395 e. The summed E-state index contributed by atoms with van der Waals surface area (Å²) in [7, 11) is 0. The number of halogens is 1. The molecule has 0 heterocycles. The third-order valence-corrected chi connectivity index (χ3v) is 3.56. The maximum absolute atomic E-state index is 12.9. The van der Waals surface area contributed by atoms with Crippen LogP contribution in [-0.2, 0) is 11.3 Å². The highest BCUT2D eigenvalue weighted by molar-refractivity contribution is 7.98. The van der Waals surface area contributed by atoms with Crippen LogP contribution < -0.4 is 5.73 Å². The van der Waals surface area contributed by atoms with E-state index in [0.717, 1.165) is 11.3 Å². The van der Waals surface area contributed by atoms with Crippen molar-refractivity contribution in [1.29, 1.82) is 0 Å². The molecular formula is C14H21FN2O2S. The summed E-state index contributed by atoms with van der Waals surface area (Å²) >= 11 is 1.64. The number of thioether (sulfide) groups is 1. The molecule has 20 heavy (non-hydrogen) atoms. The Labute approximate surface area is 123 Å². The average Bonchev–Trinajstić information content (AvgIpc) is 2.45. The Balaban J connectivity index is 2.67. The van der Waals surface area contributed by atoms with Crippen LogP contribution in [0.2, 0.25) is 0 Å². The van der Waals surface area contributed by atoms with E-state index in [2.05, 4.69) is 0 Å². The average molecular weight is 300 g/mol. The van der Waals surface area contributed by atoms with Gasteiger partial charge in [-0.2, -0.15) is 11.8 Å². The van der Waals surface area contributed by atoms with E-state index in [0.29, 0.717) is 13.0 Å². The molecule has 0 spiro atoms. The quantitative estimate of drug-likeness (QED) is 0.758. The van der Waals surface area contributed by atoms with Gasteiger partial charge in [-0.05, 0) is 36.1 Å². The van der Waals surface area contributed by atoms with Crippen LogP contribution in [0.1, 0.15) is 12.0 Å². The van der Waals surface area contributed by atoms with Crippen LogP contribution in [0.15, 0.2) is 24.3 Å². The van der Waals surface area contributed by atoms with E-state index in [1.165, 1.54) is 17.0 Å². The van der Waals surface area contributed by atoms with Crippen molar-refractivity contribution < 1.29 is 14.3 Å². The second-order valence-corrected chi connectivity index (χ2v) is 5.48. The Morgan fingerprint density at radius 1 is 1.45 bits per heavy atom. The normalized spacial score (nSPS) is 12.2. The largest absolute Gasteiger partial charge is 0.395 e. The summed E-state index contributed by atoms with van der Waals surface area (Å²) < 4.78 is 12.9. The molecule has 4 nitrogen and oxygen atoms in total. The van der Waals surface area contributed by atoms with Gasteiger partial charge < -0.3 is 15.7 Å². The van der Waals surface area contributed by atoms with Crippen molar-refractivity contribution in [3.8, 4) is 0 Å². The summed E-state index contributed by atoms with van der Waals surface area (Å²) in [5.41, 5.74) is 6.68. The molecule has 1 atom stereocenters. The summed E-state index contributed by atoms with van der Waals surface area (Å²) in [6, 6.07) is 5.39. The molecule has 0 radical (unpaired) electrons. The first-order chi connectivity index (χ1) is 9.58. The summed E-state index contributed by atoms with van der Waals surface area (Å²) in [6.45, 7) is 0.429. The fourth-order valence-corrected chi connectivity index (χ4v) is 2.29. The van der Waals surface area contributed by atoms with Crippen LogP contribution in [-0.4, -0.2) is 47.1 Å².